The van der Waals surface area contributed by atoms with E-state index in [-0.39, 0.29) is 54.9 Å². The maximum Gasteiger partial charge on any atom is 0.0630 e. The summed E-state index contributed by atoms with van der Waals surface area (Å²) in [7, 11) is 15.8. The van der Waals surface area contributed by atoms with Gasteiger partial charge in [0.25, 0.3) is 0 Å². The minimum atomic E-state index is -0.0387. The molecule has 0 N–H and O–H groups in total. The fourth-order valence-electron chi connectivity index (χ4n) is 5.79. The van der Waals surface area contributed by atoms with Gasteiger partial charge in [0.05, 0.1) is 54.9 Å². The van der Waals surface area contributed by atoms with Gasteiger partial charge in [0.2, 0.25) is 0 Å². The van der Waals surface area contributed by atoms with Gasteiger partial charge in [-0.2, -0.15) is 0 Å². The molecule has 0 aromatic heterocycles. The van der Waals surface area contributed by atoms with Crippen LogP contribution < -0.4 is 0 Å². The molecule has 0 bridgehead atoms. The monoisotopic (exact) mass is 620 g/mol. The van der Waals surface area contributed by atoms with Crippen LogP contribution in [-0.4, -0.2) is 119 Å². The third-order valence-corrected chi connectivity index (χ3v) is 8.77. The maximum atomic E-state index is 5.92. The fourth-order valence-corrected chi connectivity index (χ4v) is 5.79. The van der Waals surface area contributed by atoms with Gasteiger partial charge in [-0.1, -0.05) is 32.3 Å². The number of methoxy groups -OCH3 is 9. The van der Waals surface area contributed by atoms with Crippen LogP contribution in [0, 0.1) is 0 Å². The highest BCUT2D eigenvalue weighted by Gasteiger charge is 2.28. The number of rotatable bonds is 31. The Morgan fingerprint density at radius 2 is 0.651 bits per heavy atom. The van der Waals surface area contributed by atoms with Gasteiger partial charge in [-0.25, -0.2) is 0 Å². The minimum absolute atomic E-state index is 0.000332. The Kier molecular flexibility index (Phi) is 27.3. The van der Waals surface area contributed by atoms with Gasteiger partial charge >= 0.3 is 0 Å². The van der Waals surface area contributed by atoms with Gasteiger partial charge in [-0.05, 0) is 57.8 Å². The topological polar surface area (TPSA) is 83.1 Å². The quantitative estimate of drug-likeness (QED) is 0.0646. The molecular formula is C34H68O9. The zero-order valence-electron chi connectivity index (χ0n) is 29.3. The van der Waals surface area contributed by atoms with E-state index >= 15 is 0 Å². The Hall–Kier alpha value is -0.620. The summed E-state index contributed by atoms with van der Waals surface area (Å²) in [4.78, 5) is 0. The van der Waals surface area contributed by atoms with E-state index < -0.39 is 0 Å². The van der Waals surface area contributed by atoms with E-state index in [1.165, 1.54) is 19.3 Å². The maximum absolute atomic E-state index is 5.92. The predicted molar refractivity (Wildman–Crippen MR) is 173 cm³/mol. The van der Waals surface area contributed by atoms with Crippen molar-refractivity contribution in [2.45, 2.75) is 145 Å². The van der Waals surface area contributed by atoms with E-state index in [2.05, 4.69) is 13.5 Å². The number of hydrogen-bond acceptors (Lipinski definition) is 9. The van der Waals surface area contributed by atoms with Gasteiger partial charge < -0.3 is 42.6 Å². The molecule has 0 spiro atoms. The predicted octanol–water partition coefficient (Wildman–Crippen LogP) is 6.40. The summed E-state index contributed by atoms with van der Waals surface area (Å²) in [6.07, 6.45) is 13.7. The molecule has 0 aliphatic heterocycles. The van der Waals surface area contributed by atoms with Crippen molar-refractivity contribution < 1.29 is 42.6 Å². The summed E-state index contributed by atoms with van der Waals surface area (Å²) in [5.41, 5.74) is 0. The Morgan fingerprint density at radius 1 is 0.395 bits per heavy atom. The molecule has 0 unspecified atom stereocenters. The zero-order chi connectivity index (χ0) is 32.5. The van der Waals surface area contributed by atoms with Crippen LogP contribution in [0.1, 0.15) is 90.4 Å². The molecule has 43 heavy (non-hydrogen) atoms. The first-order chi connectivity index (χ1) is 20.8. The van der Waals surface area contributed by atoms with Crippen LogP contribution in [-0.2, 0) is 42.6 Å². The van der Waals surface area contributed by atoms with Crippen LogP contribution in [0.4, 0.5) is 0 Å². The Bertz CT molecular complexity index is 623. The smallest absolute Gasteiger partial charge is 0.0630 e. The summed E-state index contributed by atoms with van der Waals surface area (Å²) in [6.45, 7) is 6.05. The summed E-state index contributed by atoms with van der Waals surface area (Å²) in [6, 6.07) is 0. The number of ether oxygens (including phenoxy) is 9. The van der Waals surface area contributed by atoms with Gasteiger partial charge in [-0.15, -0.1) is 6.58 Å². The summed E-state index contributed by atoms with van der Waals surface area (Å²) >= 11 is 0. The van der Waals surface area contributed by atoms with E-state index in [1.807, 2.05) is 6.08 Å². The molecule has 0 rings (SSSR count). The summed E-state index contributed by atoms with van der Waals surface area (Å²) < 4.78 is 52.5. The van der Waals surface area contributed by atoms with Gasteiger partial charge in [0, 0.05) is 70.4 Å². The van der Waals surface area contributed by atoms with Crippen molar-refractivity contribution in [3.63, 3.8) is 0 Å². The molecule has 0 aliphatic rings. The van der Waals surface area contributed by atoms with Crippen LogP contribution in [0.2, 0.25) is 0 Å². The van der Waals surface area contributed by atoms with Gasteiger partial charge in [0.15, 0.2) is 0 Å². The lowest BCUT2D eigenvalue weighted by atomic mass is 9.94. The van der Waals surface area contributed by atoms with Gasteiger partial charge in [-0.3, -0.25) is 0 Å². The Morgan fingerprint density at radius 3 is 0.884 bits per heavy atom. The standard InChI is InChI=1S/C34H68O9/c1-12-14-15-17-27(36-4)19-29(38-6)21-31(40-8)23-33(42-10)25-34(43-11)24-32(41-9)22-30(39-7)20-28(37-5)18-26(35-3)16-13-2/h13,26-34H,2,12,14-25H2,1,3-11H3/t26-,27+,28-,29+,30-,31+,32-,33+,34-/m0/s1. The van der Waals surface area contributed by atoms with E-state index in [1.54, 1.807) is 64.0 Å². The van der Waals surface area contributed by atoms with E-state index in [4.69, 9.17) is 42.6 Å². The van der Waals surface area contributed by atoms with Crippen molar-refractivity contribution in [3.05, 3.63) is 12.7 Å². The highest BCUT2D eigenvalue weighted by Crippen LogP contribution is 2.25. The van der Waals surface area contributed by atoms with Crippen molar-refractivity contribution in [2.75, 3.05) is 64.0 Å². The molecule has 9 nitrogen and oxygen atoms in total. The van der Waals surface area contributed by atoms with Crippen LogP contribution in [0.5, 0.6) is 0 Å². The van der Waals surface area contributed by atoms with E-state index in [0.29, 0.717) is 0 Å². The first-order valence-corrected chi connectivity index (χ1v) is 16.2. The highest BCUT2D eigenvalue weighted by atomic mass is 16.5. The van der Waals surface area contributed by atoms with Gasteiger partial charge in [0.1, 0.15) is 0 Å². The largest absolute Gasteiger partial charge is 0.381 e. The van der Waals surface area contributed by atoms with Crippen molar-refractivity contribution in [1.29, 1.82) is 0 Å². The number of hydrogen-bond donors (Lipinski definition) is 0. The van der Waals surface area contributed by atoms with Crippen molar-refractivity contribution in [1.82, 2.24) is 0 Å². The molecule has 0 aliphatic carbocycles. The lowest BCUT2D eigenvalue weighted by Crippen LogP contribution is -2.34. The molecule has 0 aromatic rings. The first kappa shape index (κ1) is 42.4. The molecule has 9 heteroatoms. The molecule has 0 fully saturated rings. The zero-order valence-corrected chi connectivity index (χ0v) is 29.3. The van der Waals surface area contributed by atoms with E-state index in [9.17, 15) is 0 Å². The molecule has 258 valence electrons. The lowest BCUT2D eigenvalue weighted by Gasteiger charge is -2.30. The van der Waals surface area contributed by atoms with Crippen molar-refractivity contribution >= 4 is 0 Å². The van der Waals surface area contributed by atoms with Crippen LogP contribution in [0.15, 0.2) is 12.7 Å². The number of unbranched alkanes of at least 4 members (excludes halogenated alkanes) is 2. The van der Waals surface area contributed by atoms with Crippen LogP contribution in [0.25, 0.3) is 0 Å². The lowest BCUT2D eigenvalue weighted by molar-refractivity contribution is -0.0585. The van der Waals surface area contributed by atoms with Crippen LogP contribution >= 0.6 is 0 Å². The third kappa shape index (κ3) is 19.5. The van der Waals surface area contributed by atoms with Crippen molar-refractivity contribution in [2.24, 2.45) is 0 Å². The molecule has 0 heterocycles. The molecule has 0 saturated carbocycles. The molecule has 9 atom stereocenters. The fraction of sp³-hybridized carbons (Fsp3) is 0.941. The average Bonchev–Trinajstić information content (AvgIpc) is 3.03. The third-order valence-electron chi connectivity index (χ3n) is 8.77. The molecule has 0 radical (unpaired) electrons. The Balaban J connectivity index is 5.13. The van der Waals surface area contributed by atoms with Crippen molar-refractivity contribution in [3.8, 4) is 0 Å². The second kappa shape index (κ2) is 27.7. The Labute approximate surface area is 264 Å². The average molecular weight is 621 g/mol. The van der Waals surface area contributed by atoms with Crippen LogP contribution in [0.3, 0.4) is 0 Å². The first-order valence-electron chi connectivity index (χ1n) is 16.2. The SMILES string of the molecule is C=CC[C@@H](C[C@@H](C[C@@H](C[C@@H](C[C@@H](C[C@@H](C[C@@H](C[C@@H](C[C@@H](CCCCC)OC)OC)OC)OC)OC)OC)OC)OC)OC. The summed E-state index contributed by atoms with van der Waals surface area (Å²) in [5.74, 6) is 0. The highest BCUT2D eigenvalue weighted by molar-refractivity contribution is 4.81. The summed E-state index contributed by atoms with van der Waals surface area (Å²) in [5, 5.41) is 0. The second-order valence-corrected chi connectivity index (χ2v) is 11.6. The minimum Gasteiger partial charge on any atom is -0.381 e. The normalized spacial score (nSPS) is 18.4. The molecule has 0 amide bonds. The molecule has 0 aromatic carbocycles. The van der Waals surface area contributed by atoms with E-state index in [0.717, 1.165) is 64.2 Å². The molecular weight excluding hydrogens is 552 g/mol. The second-order valence-electron chi connectivity index (χ2n) is 11.6. The molecule has 0 saturated heterocycles.